The summed E-state index contributed by atoms with van der Waals surface area (Å²) in [5.74, 6) is 0. The second-order valence-electron chi connectivity index (χ2n) is 0.836. The molecule has 0 atom stereocenters. The smallest absolute Gasteiger partial charge is 0.759 e. The van der Waals surface area contributed by atoms with Gasteiger partial charge in [-0.25, -0.2) is 8.42 Å². The molecule has 3 N–H and O–H groups in total. The van der Waals surface area contributed by atoms with Gasteiger partial charge in [0.05, 0.1) is 0 Å². The van der Waals surface area contributed by atoms with Crippen LogP contribution in [0, 0.1) is 0 Å². The Morgan fingerprint density at radius 2 is 0.923 bits per heavy atom. The molecule has 0 spiro atoms. The molecule has 0 aliphatic carbocycles. The Bertz CT molecular complexity index is 214. The summed E-state index contributed by atoms with van der Waals surface area (Å²) in [6, 6.07) is 0. The largest absolute Gasteiger partial charge is 2.00 e. The fourth-order valence-electron chi connectivity index (χ4n) is 0. The Morgan fingerprint density at radius 3 is 0.923 bits per heavy atom. The minimum Gasteiger partial charge on any atom is -0.759 e. The van der Waals surface area contributed by atoms with Crippen molar-refractivity contribution in [2.45, 2.75) is 0 Å². The second kappa shape index (κ2) is 12.2. The van der Waals surface area contributed by atoms with Crippen molar-refractivity contribution in [1.82, 2.24) is 0 Å². The molecule has 0 bridgehead atoms. The summed E-state index contributed by atoms with van der Waals surface area (Å²) in [6.45, 7) is 0. The average molecular weight is 275 g/mol. The van der Waals surface area contributed by atoms with E-state index in [2.05, 4.69) is 0 Å². The Labute approximate surface area is 133 Å². The van der Waals surface area contributed by atoms with E-state index >= 15 is 0 Å². The van der Waals surface area contributed by atoms with E-state index in [0.29, 0.717) is 0 Å². The molecule has 13 heteroatoms. The van der Waals surface area contributed by atoms with E-state index in [9.17, 15) is 0 Å². The van der Waals surface area contributed by atoms with Crippen LogP contribution in [-0.2, 0) is 20.8 Å². The standard InChI is InChI=1S/K.Mg.2H2O4S.H2O/c;;2*1-5(2,3)4;/h;;2*(H2,1,2,3,4);1H2/q+1;+2;;;/p-3. The van der Waals surface area contributed by atoms with Crippen molar-refractivity contribution in [1.29, 1.82) is 0 Å². The predicted molar refractivity (Wildman–Crippen MR) is 32.2 cm³/mol. The van der Waals surface area contributed by atoms with Gasteiger partial charge in [0.1, 0.15) is 0 Å². The van der Waals surface area contributed by atoms with E-state index in [1.54, 1.807) is 0 Å². The Balaban J connectivity index is -0.0000000267. The van der Waals surface area contributed by atoms with Crippen molar-refractivity contribution in [2.24, 2.45) is 0 Å². The van der Waals surface area contributed by atoms with Crippen LogP contribution in [0.4, 0.5) is 0 Å². The first-order valence-electron chi connectivity index (χ1n) is 1.35. The molecule has 0 aromatic rings. The molecule has 9 nitrogen and oxygen atoms in total. The van der Waals surface area contributed by atoms with E-state index in [4.69, 9.17) is 35.0 Å². The molecule has 0 aliphatic rings. The minimum absolute atomic E-state index is 0. The van der Waals surface area contributed by atoms with Crippen molar-refractivity contribution in [3.8, 4) is 0 Å². The molecular formula is H3KMgO9S2. The molecule has 13 heavy (non-hydrogen) atoms. The third-order valence-electron chi connectivity index (χ3n) is 0. The van der Waals surface area contributed by atoms with E-state index in [0.717, 1.165) is 0 Å². The van der Waals surface area contributed by atoms with Gasteiger partial charge in [0.15, 0.2) is 0 Å². The molecule has 0 amide bonds. The Hall–Kier alpha value is 2.10. The van der Waals surface area contributed by atoms with Crippen LogP contribution in [0.1, 0.15) is 0 Å². The molecule has 0 aromatic carbocycles. The van der Waals surface area contributed by atoms with Gasteiger partial charge < -0.3 is 19.1 Å². The van der Waals surface area contributed by atoms with Gasteiger partial charge >= 0.3 is 74.4 Å². The fourth-order valence-corrected chi connectivity index (χ4v) is 0. The maximum Gasteiger partial charge on any atom is 2.00 e. The van der Waals surface area contributed by atoms with Crippen molar-refractivity contribution < 1.29 is 91.9 Å². The molecule has 0 saturated heterocycles. The summed E-state index contributed by atoms with van der Waals surface area (Å²) in [5.41, 5.74) is 0. The molecule has 0 radical (unpaired) electrons. The molecule has 0 aliphatic heterocycles. The summed E-state index contributed by atoms with van der Waals surface area (Å²) >= 11 is 0. The van der Waals surface area contributed by atoms with Crippen LogP contribution in [-0.4, -0.2) is 63.6 Å². The monoisotopic (exact) mass is 274 g/mol. The van der Waals surface area contributed by atoms with Gasteiger partial charge in [-0.15, -0.1) is 0 Å². The van der Waals surface area contributed by atoms with Crippen molar-refractivity contribution in [3.05, 3.63) is 0 Å². The van der Waals surface area contributed by atoms with E-state index in [1.165, 1.54) is 0 Å². The van der Waals surface area contributed by atoms with Crippen LogP contribution in [0.3, 0.4) is 0 Å². The Morgan fingerprint density at radius 1 is 0.923 bits per heavy atom. The first-order chi connectivity index (χ1) is 4.00. The molecule has 0 heterocycles. The summed E-state index contributed by atoms with van der Waals surface area (Å²) in [6.07, 6.45) is 0. The molecule has 0 rings (SSSR count). The fraction of sp³-hybridized carbons (Fsp3) is 0. The first-order valence-corrected chi connectivity index (χ1v) is 4.05. The maximum atomic E-state index is 8.63. The third kappa shape index (κ3) is 467. The number of hydrogen-bond acceptors (Lipinski definition) is 7. The molecule has 0 aromatic heterocycles. The normalized spacial score (nSPS) is 8.92. The maximum absolute atomic E-state index is 8.63. The summed E-state index contributed by atoms with van der Waals surface area (Å²) in [4.78, 5) is 0. The van der Waals surface area contributed by atoms with E-state index < -0.39 is 20.8 Å². The zero-order chi connectivity index (χ0) is 9.00. The number of rotatable bonds is 0. The summed E-state index contributed by atoms with van der Waals surface area (Å²) < 4.78 is 66.9. The van der Waals surface area contributed by atoms with Gasteiger partial charge in [0, 0.05) is 10.4 Å². The van der Waals surface area contributed by atoms with Crippen LogP contribution >= 0.6 is 0 Å². The molecular weight excluding hydrogens is 272 g/mol. The average Bonchev–Trinajstić information content (AvgIpc) is 1.12. The van der Waals surface area contributed by atoms with Gasteiger partial charge in [-0.3, -0.25) is 13.0 Å². The first kappa shape index (κ1) is 29.4. The van der Waals surface area contributed by atoms with Gasteiger partial charge in [0.25, 0.3) is 0 Å². The summed E-state index contributed by atoms with van der Waals surface area (Å²) in [5, 5.41) is 0. The summed E-state index contributed by atoms with van der Waals surface area (Å²) in [7, 11) is -10.1. The topological polar surface area (TPSA) is 189 Å². The quantitative estimate of drug-likeness (QED) is 0.256. The second-order valence-corrected chi connectivity index (χ2v) is 2.51. The van der Waals surface area contributed by atoms with Gasteiger partial charge in [-0.1, -0.05) is 0 Å². The number of hydrogen-bond donors (Lipinski definition) is 1. The van der Waals surface area contributed by atoms with Gasteiger partial charge in [-0.2, -0.15) is 0 Å². The van der Waals surface area contributed by atoms with Crippen molar-refractivity contribution in [3.63, 3.8) is 0 Å². The van der Waals surface area contributed by atoms with Crippen molar-refractivity contribution >= 4 is 43.9 Å². The minimum atomic E-state index is -5.17. The Kier molecular flexibility index (Phi) is 27.6. The zero-order valence-corrected chi connectivity index (χ0v) is 12.5. The van der Waals surface area contributed by atoms with E-state index in [-0.39, 0.29) is 79.9 Å². The van der Waals surface area contributed by atoms with E-state index in [1.807, 2.05) is 0 Å². The van der Waals surface area contributed by atoms with Crippen LogP contribution in [0.15, 0.2) is 0 Å². The van der Waals surface area contributed by atoms with Crippen molar-refractivity contribution in [2.75, 3.05) is 0 Å². The van der Waals surface area contributed by atoms with Crippen LogP contribution in [0.25, 0.3) is 0 Å². The van der Waals surface area contributed by atoms with Gasteiger partial charge in [0.2, 0.25) is 10.4 Å². The SMILES string of the molecule is O.O=S(=O)([O-])O.O=S(=O)([O-])[O-].[K+].[Mg+2]. The molecule has 0 unspecified atom stereocenters. The van der Waals surface area contributed by atoms with Crippen LogP contribution < -0.4 is 51.4 Å². The van der Waals surface area contributed by atoms with Gasteiger partial charge in [-0.05, 0) is 0 Å². The van der Waals surface area contributed by atoms with Crippen LogP contribution in [0.5, 0.6) is 0 Å². The zero-order valence-electron chi connectivity index (χ0n) is 6.33. The third-order valence-corrected chi connectivity index (χ3v) is 0. The molecule has 0 fully saturated rings. The molecule has 72 valence electrons. The predicted octanol–water partition coefficient (Wildman–Crippen LogP) is -6.53. The molecule has 0 saturated carbocycles. The van der Waals surface area contributed by atoms with Crippen LogP contribution in [0.2, 0.25) is 0 Å².